The van der Waals surface area contributed by atoms with Gasteiger partial charge in [-0.15, -0.1) is 0 Å². The van der Waals surface area contributed by atoms with Crippen molar-refractivity contribution in [3.63, 3.8) is 0 Å². The van der Waals surface area contributed by atoms with E-state index in [1.807, 2.05) is 7.05 Å². The van der Waals surface area contributed by atoms with Crippen molar-refractivity contribution in [1.29, 1.82) is 0 Å². The maximum Gasteiger partial charge on any atom is 0.129 e. The van der Waals surface area contributed by atoms with Gasteiger partial charge >= 0.3 is 0 Å². The minimum absolute atomic E-state index is 0.325. The van der Waals surface area contributed by atoms with Gasteiger partial charge in [-0.3, -0.25) is 0 Å². The Bertz CT molecular complexity index is 456. The second-order valence-corrected chi connectivity index (χ2v) is 6.92. The molecule has 0 amide bonds. The molecule has 1 nitrogen and oxygen atoms in total. The van der Waals surface area contributed by atoms with Crippen LogP contribution in [0.2, 0.25) is 0 Å². The van der Waals surface area contributed by atoms with Crippen LogP contribution in [0.25, 0.3) is 0 Å². The van der Waals surface area contributed by atoms with E-state index in [9.17, 15) is 8.78 Å². The van der Waals surface area contributed by atoms with Crippen LogP contribution < -0.4 is 5.32 Å². The lowest BCUT2D eigenvalue weighted by Gasteiger charge is -2.41. The van der Waals surface area contributed by atoms with E-state index in [1.165, 1.54) is 18.9 Å². The molecule has 1 aliphatic carbocycles. The smallest absolute Gasteiger partial charge is 0.129 e. The Kier molecular flexibility index (Phi) is 4.79. The van der Waals surface area contributed by atoms with Crippen LogP contribution >= 0.6 is 0 Å². The van der Waals surface area contributed by atoms with E-state index in [-0.39, 0.29) is 0 Å². The molecule has 20 heavy (non-hydrogen) atoms. The second-order valence-electron chi connectivity index (χ2n) is 6.92. The third-order valence-corrected chi connectivity index (χ3v) is 4.64. The predicted octanol–water partition coefficient (Wildman–Crippen LogP) is 4.17. The zero-order chi connectivity index (χ0) is 14.8. The molecule has 0 aromatic heterocycles. The van der Waals surface area contributed by atoms with E-state index < -0.39 is 11.6 Å². The molecule has 0 saturated heterocycles. The van der Waals surface area contributed by atoms with Crippen LogP contribution in [0.1, 0.15) is 38.7 Å². The highest BCUT2D eigenvalue weighted by molar-refractivity contribution is 5.19. The summed E-state index contributed by atoms with van der Waals surface area (Å²) >= 11 is 0. The molecule has 0 spiro atoms. The molecule has 112 valence electrons. The van der Waals surface area contributed by atoms with Crippen molar-refractivity contribution in [3.05, 3.63) is 35.4 Å². The Morgan fingerprint density at radius 1 is 1.25 bits per heavy atom. The summed E-state index contributed by atoms with van der Waals surface area (Å²) in [5.74, 6) is 0.141. The SMILES string of the molecule is CNCC1CCC(C)(C)CC1Cc1ccc(F)cc1F. The van der Waals surface area contributed by atoms with Crippen LogP contribution in [0.5, 0.6) is 0 Å². The van der Waals surface area contributed by atoms with E-state index in [0.717, 1.165) is 19.0 Å². The van der Waals surface area contributed by atoms with Gasteiger partial charge in [-0.05, 0) is 68.2 Å². The fourth-order valence-electron chi connectivity index (χ4n) is 3.53. The van der Waals surface area contributed by atoms with E-state index >= 15 is 0 Å². The molecule has 0 radical (unpaired) electrons. The minimum atomic E-state index is -0.498. The summed E-state index contributed by atoms with van der Waals surface area (Å²) < 4.78 is 26.9. The van der Waals surface area contributed by atoms with Crippen molar-refractivity contribution in [2.75, 3.05) is 13.6 Å². The summed E-state index contributed by atoms with van der Waals surface area (Å²) in [7, 11) is 1.97. The first-order chi connectivity index (χ1) is 9.41. The summed E-state index contributed by atoms with van der Waals surface area (Å²) in [5.41, 5.74) is 0.973. The summed E-state index contributed by atoms with van der Waals surface area (Å²) in [6, 6.07) is 3.96. The fraction of sp³-hybridized carbons (Fsp3) is 0.647. The maximum absolute atomic E-state index is 13.9. The summed E-state index contributed by atoms with van der Waals surface area (Å²) in [4.78, 5) is 0. The normalized spacial score (nSPS) is 25.6. The molecule has 2 rings (SSSR count). The molecular weight excluding hydrogens is 256 g/mol. The van der Waals surface area contributed by atoms with Crippen molar-refractivity contribution >= 4 is 0 Å². The van der Waals surface area contributed by atoms with Gasteiger partial charge in [0.1, 0.15) is 11.6 Å². The number of nitrogens with one attached hydrogen (secondary N) is 1. The van der Waals surface area contributed by atoms with Gasteiger partial charge in [-0.1, -0.05) is 19.9 Å². The molecular formula is C17H25F2N. The van der Waals surface area contributed by atoms with Crippen molar-refractivity contribution in [2.24, 2.45) is 17.3 Å². The second kappa shape index (κ2) is 6.21. The number of halogens is 2. The van der Waals surface area contributed by atoms with Crippen LogP contribution in [0, 0.1) is 28.9 Å². The van der Waals surface area contributed by atoms with Gasteiger partial charge in [0.2, 0.25) is 0 Å². The third kappa shape index (κ3) is 3.78. The molecule has 3 heteroatoms. The van der Waals surface area contributed by atoms with Gasteiger partial charge in [0.15, 0.2) is 0 Å². The number of hydrogen-bond donors (Lipinski definition) is 1. The molecule has 1 saturated carbocycles. The quantitative estimate of drug-likeness (QED) is 0.873. The Morgan fingerprint density at radius 3 is 2.65 bits per heavy atom. The van der Waals surface area contributed by atoms with Gasteiger partial charge in [-0.2, -0.15) is 0 Å². The Morgan fingerprint density at radius 2 is 2.00 bits per heavy atom. The highest BCUT2D eigenvalue weighted by Crippen LogP contribution is 2.43. The first-order valence-corrected chi connectivity index (χ1v) is 7.50. The summed E-state index contributed by atoms with van der Waals surface area (Å²) in [6.07, 6.45) is 4.22. The molecule has 1 N–H and O–H groups in total. The van der Waals surface area contributed by atoms with Gasteiger partial charge < -0.3 is 5.32 Å². The van der Waals surface area contributed by atoms with E-state index in [4.69, 9.17) is 0 Å². The Labute approximate surface area is 120 Å². The topological polar surface area (TPSA) is 12.0 Å². The van der Waals surface area contributed by atoms with Crippen LogP contribution in [-0.2, 0) is 6.42 Å². The number of hydrogen-bond acceptors (Lipinski definition) is 1. The first kappa shape index (κ1) is 15.4. The molecule has 0 bridgehead atoms. The van der Waals surface area contributed by atoms with Crippen LogP contribution in [0.15, 0.2) is 18.2 Å². The van der Waals surface area contributed by atoms with Crippen LogP contribution in [0.3, 0.4) is 0 Å². The molecule has 2 atom stereocenters. The lowest BCUT2D eigenvalue weighted by Crippen LogP contribution is -2.36. The summed E-state index contributed by atoms with van der Waals surface area (Å²) in [5, 5.41) is 3.25. The monoisotopic (exact) mass is 281 g/mol. The number of benzene rings is 1. The Hall–Kier alpha value is -0.960. The van der Waals surface area contributed by atoms with Crippen molar-refractivity contribution < 1.29 is 8.78 Å². The average molecular weight is 281 g/mol. The molecule has 1 aliphatic rings. The Balaban J connectivity index is 2.14. The first-order valence-electron chi connectivity index (χ1n) is 7.50. The van der Waals surface area contributed by atoms with Gasteiger partial charge in [0, 0.05) is 6.07 Å². The highest BCUT2D eigenvalue weighted by atomic mass is 19.1. The third-order valence-electron chi connectivity index (χ3n) is 4.64. The van der Waals surface area contributed by atoms with Crippen molar-refractivity contribution in [3.8, 4) is 0 Å². The molecule has 1 aromatic carbocycles. The standard InChI is InChI=1S/C17H25F2N/c1-17(2)7-6-13(11-20-3)14(10-17)8-12-4-5-15(18)9-16(12)19/h4-5,9,13-14,20H,6-8,10-11H2,1-3H3. The van der Waals surface area contributed by atoms with E-state index in [2.05, 4.69) is 19.2 Å². The number of rotatable bonds is 4. The zero-order valence-corrected chi connectivity index (χ0v) is 12.7. The maximum atomic E-state index is 13.9. The van der Waals surface area contributed by atoms with Crippen LogP contribution in [0.4, 0.5) is 8.78 Å². The summed E-state index contributed by atoms with van der Waals surface area (Å²) in [6.45, 7) is 5.55. The lowest BCUT2D eigenvalue weighted by molar-refractivity contribution is 0.116. The largest absolute Gasteiger partial charge is 0.319 e. The minimum Gasteiger partial charge on any atom is -0.319 e. The molecule has 1 aromatic rings. The average Bonchev–Trinajstić information content (AvgIpc) is 2.36. The zero-order valence-electron chi connectivity index (χ0n) is 12.7. The molecule has 1 fully saturated rings. The van der Waals surface area contributed by atoms with Gasteiger partial charge in [-0.25, -0.2) is 8.78 Å². The predicted molar refractivity (Wildman–Crippen MR) is 78.6 cm³/mol. The van der Waals surface area contributed by atoms with Gasteiger partial charge in [0.05, 0.1) is 0 Å². The highest BCUT2D eigenvalue weighted by Gasteiger charge is 2.34. The molecule has 0 heterocycles. The van der Waals surface area contributed by atoms with Crippen LogP contribution in [-0.4, -0.2) is 13.6 Å². The van der Waals surface area contributed by atoms with E-state index in [1.54, 1.807) is 6.07 Å². The van der Waals surface area contributed by atoms with Gasteiger partial charge in [0.25, 0.3) is 0 Å². The molecule has 2 unspecified atom stereocenters. The van der Waals surface area contributed by atoms with Crippen molar-refractivity contribution in [1.82, 2.24) is 5.32 Å². The molecule has 0 aliphatic heterocycles. The fourth-order valence-corrected chi connectivity index (χ4v) is 3.53. The lowest BCUT2D eigenvalue weighted by atomic mass is 9.65. The van der Waals surface area contributed by atoms with E-state index in [0.29, 0.717) is 29.2 Å². The van der Waals surface area contributed by atoms with Crippen molar-refractivity contribution in [2.45, 2.75) is 39.5 Å².